The van der Waals surface area contributed by atoms with E-state index in [0.29, 0.717) is 12.5 Å². The number of nitrogens with one attached hydrogen (secondary N) is 1. The Kier molecular flexibility index (Phi) is 5.15. The molecule has 2 aromatic rings. The average molecular weight is 400 g/mol. The number of thiazole rings is 1. The lowest BCUT2D eigenvalue weighted by Crippen LogP contribution is -2.24. The van der Waals surface area contributed by atoms with Crippen molar-refractivity contribution in [3.8, 4) is 0 Å². The second-order valence-electron chi connectivity index (χ2n) is 4.95. The fraction of sp³-hybridized carbons (Fsp3) is 0.333. The average Bonchev–Trinajstić information content (AvgIpc) is 2.88. The Morgan fingerprint density at radius 1 is 1.45 bits per heavy atom. The van der Waals surface area contributed by atoms with Crippen LogP contribution < -0.4 is 5.32 Å². The van der Waals surface area contributed by atoms with Crippen LogP contribution in [0.2, 0.25) is 0 Å². The van der Waals surface area contributed by atoms with Gasteiger partial charge in [0, 0.05) is 14.9 Å². The Morgan fingerprint density at radius 3 is 2.85 bits per heavy atom. The van der Waals surface area contributed by atoms with Crippen molar-refractivity contribution in [2.24, 2.45) is 0 Å². The summed E-state index contributed by atoms with van der Waals surface area (Å²) in [5.41, 5.74) is 2.77. The maximum Gasteiger partial charge on any atom is 0.252 e. The number of halogens is 1. The highest BCUT2D eigenvalue weighted by Crippen LogP contribution is 2.19. The Hall–Kier alpha value is -0.950. The maximum atomic E-state index is 12.2. The lowest BCUT2D eigenvalue weighted by Gasteiger charge is -2.07. The molecule has 0 fully saturated rings. The van der Waals surface area contributed by atoms with Crippen LogP contribution in [0.5, 0.6) is 0 Å². The molecule has 0 radical (unpaired) electrons. The predicted octanol–water partition coefficient (Wildman–Crippen LogP) is 4.11. The van der Waals surface area contributed by atoms with E-state index in [9.17, 15) is 4.79 Å². The molecule has 0 saturated carbocycles. The Balaban J connectivity index is 2.03. The molecule has 0 atom stereocenters. The molecule has 2 rings (SSSR count). The molecule has 1 aromatic heterocycles. The summed E-state index contributed by atoms with van der Waals surface area (Å²) < 4.78 is 1.00. The van der Waals surface area contributed by atoms with Crippen molar-refractivity contribution in [2.75, 3.05) is 0 Å². The van der Waals surface area contributed by atoms with Gasteiger partial charge in [-0.1, -0.05) is 26.0 Å². The minimum Gasteiger partial charge on any atom is -0.346 e. The number of benzene rings is 1. The van der Waals surface area contributed by atoms with Crippen LogP contribution >= 0.6 is 33.9 Å². The molecule has 20 heavy (non-hydrogen) atoms. The Labute approximate surface area is 137 Å². The molecule has 5 heteroatoms. The molecular weight excluding hydrogens is 383 g/mol. The summed E-state index contributed by atoms with van der Waals surface area (Å²) in [5, 5.41) is 6.06. The van der Waals surface area contributed by atoms with Crippen LogP contribution in [0, 0.1) is 10.5 Å². The van der Waals surface area contributed by atoms with Gasteiger partial charge in [0.2, 0.25) is 0 Å². The molecular formula is C15H17IN2OS. The normalized spacial score (nSPS) is 10.8. The molecule has 0 spiro atoms. The zero-order valence-corrected chi connectivity index (χ0v) is 14.7. The highest BCUT2D eigenvalue weighted by atomic mass is 127. The van der Waals surface area contributed by atoms with E-state index >= 15 is 0 Å². The van der Waals surface area contributed by atoms with Crippen molar-refractivity contribution >= 4 is 39.8 Å². The first-order valence-electron chi connectivity index (χ1n) is 6.46. The number of hydrogen-bond acceptors (Lipinski definition) is 3. The lowest BCUT2D eigenvalue weighted by atomic mass is 10.1. The zero-order valence-electron chi connectivity index (χ0n) is 11.7. The number of aromatic nitrogens is 1. The summed E-state index contributed by atoms with van der Waals surface area (Å²) in [6.07, 6.45) is 0. The first-order chi connectivity index (χ1) is 9.49. The smallest absolute Gasteiger partial charge is 0.252 e. The van der Waals surface area contributed by atoms with Gasteiger partial charge < -0.3 is 5.32 Å². The number of rotatable bonds is 4. The number of amides is 1. The first-order valence-corrected chi connectivity index (χ1v) is 8.42. The third-order valence-electron chi connectivity index (χ3n) is 2.93. The van der Waals surface area contributed by atoms with E-state index in [1.807, 2.05) is 30.5 Å². The minimum atomic E-state index is -0.0443. The van der Waals surface area contributed by atoms with Gasteiger partial charge in [-0.2, -0.15) is 0 Å². The van der Waals surface area contributed by atoms with Gasteiger partial charge in [-0.25, -0.2) is 4.98 Å². The topological polar surface area (TPSA) is 42.0 Å². The van der Waals surface area contributed by atoms with Crippen molar-refractivity contribution in [1.82, 2.24) is 10.3 Å². The largest absolute Gasteiger partial charge is 0.346 e. The number of carbonyl (C=O) groups excluding carboxylic acids is 1. The number of carbonyl (C=O) groups is 1. The molecule has 0 saturated heterocycles. The quantitative estimate of drug-likeness (QED) is 0.785. The molecule has 0 aliphatic carbocycles. The molecule has 1 aromatic carbocycles. The highest BCUT2D eigenvalue weighted by Gasteiger charge is 2.12. The first kappa shape index (κ1) is 15.4. The summed E-state index contributed by atoms with van der Waals surface area (Å²) in [6, 6.07) is 5.77. The summed E-state index contributed by atoms with van der Waals surface area (Å²) in [4.78, 5) is 16.7. The summed E-state index contributed by atoms with van der Waals surface area (Å²) in [5.74, 6) is 0.388. The van der Waals surface area contributed by atoms with Gasteiger partial charge in [-0.15, -0.1) is 11.3 Å². The van der Waals surface area contributed by atoms with Gasteiger partial charge in [-0.05, 0) is 41.1 Å². The number of nitrogens with zero attached hydrogens (tertiary/aromatic N) is 1. The second-order valence-corrected chi connectivity index (χ2v) is 6.92. The third kappa shape index (κ3) is 3.58. The van der Waals surface area contributed by atoms with E-state index in [-0.39, 0.29) is 5.91 Å². The molecule has 0 aliphatic rings. The van der Waals surface area contributed by atoms with E-state index < -0.39 is 0 Å². The van der Waals surface area contributed by atoms with Crippen LogP contribution in [-0.4, -0.2) is 10.9 Å². The van der Waals surface area contributed by atoms with Crippen LogP contribution in [0.4, 0.5) is 0 Å². The van der Waals surface area contributed by atoms with Crippen molar-refractivity contribution < 1.29 is 4.79 Å². The summed E-state index contributed by atoms with van der Waals surface area (Å²) >= 11 is 3.86. The molecule has 106 valence electrons. The Bertz CT molecular complexity index is 622. The van der Waals surface area contributed by atoms with Crippen LogP contribution in [0.25, 0.3) is 0 Å². The maximum absolute atomic E-state index is 12.2. The molecule has 1 N–H and O–H groups in total. The zero-order chi connectivity index (χ0) is 14.7. The SMILES string of the molecule is Cc1cccc(C(=O)NCc2csc(C(C)C)n2)c1I. The van der Waals surface area contributed by atoms with Gasteiger partial charge in [0.15, 0.2) is 0 Å². The molecule has 1 heterocycles. The minimum absolute atomic E-state index is 0.0443. The third-order valence-corrected chi connectivity index (χ3v) is 5.56. The second kappa shape index (κ2) is 6.67. The van der Waals surface area contributed by atoms with Gasteiger partial charge >= 0.3 is 0 Å². The Morgan fingerprint density at radius 2 is 2.20 bits per heavy atom. The molecule has 0 unspecified atom stereocenters. The number of aryl methyl sites for hydroxylation is 1. The van der Waals surface area contributed by atoms with Crippen molar-refractivity contribution in [1.29, 1.82) is 0 Å². The van der Waals surface area contributed by atoms with Crippen molar-refractivity contribution in [3.05, 3.63) is 49.0 Å². The van der Waals surface area contributed by atoms with Crippen LogP contribution in [0.15, 0.2) is 23.6 Å². The standard InChI is InChI=1S/C15H17IN2OS/c1-9(2)15-18-11(8-20-15)7-17-14(19)12-6-4-5-10(3)13(12)16/h4-6,8-9H,7H2,1-3H3,(H,17,19). The van der Waals surface area contributed by atoms with E-state index in [1.165, 1.54) is 0 Å². The van der Waals surface area contributed by atoms with Crippen molar-refractivity contribution in [2.45, 2.75) is 33.2 Å². The van der Waals surface area contributed by atoms with Crippen molar-refractivity contribution in [3.63, 3.8) is 0 Å². The van der Waals surface area contributed by atoms with Gasteiger partial charge in [0.05, 0.1) is 22.8 Å². The lowest BCUT2D eigenvalue weighted by molar-refractivity contribution is 0.0949. The molecule has 0 aliphatic heterocycles. The van der Waals surface area contributed by atoms with E-state index in [4.69, 9.17) is 0 Å². The van der Waals surface area contributed by atoms with Crippen LogP contribution in [0.3, 0.4) is 0 Å². The number of hydrogen-bond donors (Lipinski definition) is 1. The van der Waals surface area contributed by atoms with Crippen LogP contribution in [-0.2, 0) is 6.54 Å². The fourth-order valence-electron chi connectivity index (χ4n) is 1.76. The van der Waals surface area contributed by atoms with E-state index in [0.717, 1.165) is 25.4 Å². The van der Waals surface area contributed by atoms with E-state index in [2.05, 4.69) is 46.7 Å². The molecule has 1 amide bonds. The van der Waals surface area contributed by atoms with Gasteiger partial charge in [0.25, 0.3) is 5.91 Å². The molecule has 0 bridgehead atoms. The monoisotopic (exact) mass is 400 g/mol. The van der Waals surface area contributed by atoms with Gasteiger partial charge in [-0.3, -0.25) is 4.79 Å². The summed E-state index contributed by atoms with van der Waals surface area (Å²) in [7, 11) is 0. The fourth-order valence-corrected chi connectivity index (χ4v) is 3.20. The highest BCUT2D eigenvalue weighted by molar-refractivity contribution is 14.1. The molecule has 3 nitrogen and oxygen atoms in total. The summed E-state index contributed by atoms with van der Waals surface area (Å²) in [6.45, 7) is 6.73. The van der Waals surface area contributed by atoms with Crippen LogP contribution in [0.1, 0.15) is 46.4 Å². The van der Waals surface area contributed by atoms with E-state index in [1.54, 1.807) is 11.3 Å². The predicted molar refractivity (Wildman–Crippen MR) is 91.3 cm³/mol. The van der Waals surface area contributed by atoms with Gasteiger partial charge in [0.1, 0.15) is 0 Å².